The summed E-state index contributed by atoms with van der Waals surface area (Å²) in [5.41, 5.74) is 3.04. The van der Waals surface area contributed by atoms with Crippen molar-refractivity contribution in [2.24, 2.45) is 0 Å². The standard InChI is InChI=1S/C23H26N4O2/c1-3-27(2)13-7-6-12-24-23(28)17-10-11-19-18(14-17)22(26-25-19)21-15-16-8-4-5-9-20(16)29-21/h4-5,8-11,14-15H,3,6-7,12-13H2,1-2H3,(H,24,28)(H,25,26). The summed E-state index contributed by atoms with van der Waals surface area (Å²) in [6.45, 7) is 4.92. The minimum Gasteiger partial charge on any atom is -0.454 e. The van der Waals surface area contributed by atoms with Gasteiger partial charge in [-0.2, -0.15) is 5.10 Å². The number of para-hydroxylation sites is 1. The second kappa shape index (κ2) is 8.49. The van der Waals surface area contributed by atoms with E-state index in [1.54, 1.807) is 0 Å². The van der Waals surface area contributed by atoms with Crippen LogP contribution in [0.3, 0.4) is 0 Å². The second-order valence-electron chi connectivity index (χ2n) is 7.34. The fraction of sp³-hybridized carbons (Fsp3) is 0.304. The van der Waals surface area contributed by atoms with Crippen molar-refractivity contribution in [3.8, 4) is 11.5 Å². The lowest BCUT2D eigenvalue weighted by molar-refractivity contribution is 0.0953. The molecule has 2 heterocycles. The molecule has 0 radical (unpaired) electrons. The number of carbonyl (C=O) groups excluding carboxylic acids is 1. The Hall–Kier alpha value is -3.12. The summed E-state index contributed by atoms with van der Waals surface area (Å²) in [5, 5.41) is 12.4. The summed E-state index contributed by atoms with van der Waals surface area (Å²) in [6, 6.07) is 15.4. The minimum absolute atomic E-state index is 0.0625. The van der Waals surface area contributed by atoms with Crippen LogP contribution in [0.25, 0.3) is 33.3 Å². The Balaban J connectivity index is 1.49. The Labute approximate surface area is 169 Å². The molecule has 0 saturated heterocycles. The highest BCUT2D eigenvalue weighted by molar-refractivity contribution is 6.01. The SMILES string of the molecule is CCN(C)CCCCNC(=O)c1ccc2[nH]nc(-c3cc4ccccc4o3)c2c1. The molecule has 0 bridgehead atoms. The molecule has 4 rings (SSSR count). The largest absolute Gasteiger partial charge is 0.454 e. The van der Waals surface area contributed by atoms with Crippen molar-refractivity contribution in [1.29, 1.82) is 0 Å². The summed E-state index contributed by atoms with van der Waals surface area (Å²) in [4.78, 5) is 14.8. The number of fused-ring (bicyclic) bond motifs is 2. The van der Waals surface area contributed by atoms with Gasteiger partial charge >= 0.3 is 0 Å². The molecule has 0 aliphatic rings. The molecule has 2 aromatic carbocycles. The number of aromatic amines is 1. The first kappa shape index (κ1) is 19.2. The number of benzene rings is 2. The summed E-state index contributed by atoms with van der Waals surface area (Å²) >= 11 is 0. The Morgan fingerprint density at radius 1 is 1.17 bits per heavy atom. The van der Waals surface area contributed by atoms with Gasteiger partial charge in [-0.25, -0.2) is 0 Å². The van der Waals surface area contributed by atoms with Gasteiger partial charge < -0.3 is 14.6 Å². The Morgan fingerprint density at radius 3 is 2.86 bits per heavy atom. The highest BCUT2D eigenvalue weighted by Gasteiger charge is 2.15. The average Bonchev–Trinajstić information content (AvgIpc) is 3.36. The molecule has 1 amide bonds. The topological polar surface area (TPSA) is 74.2 Å². The molecule has 6 nitrogen and oxygen atoms in total. The van der Waals surface area contributed by atoms with Crippen molar-refractivity contribution >= 4 is 27.8 Å². The molecule has 0 aliphatic carbocycles. The Kier molecular flexibility index (Phi) is 5.62. The fourth-order valence-corrected chi connectivity index (χ4v) is 3.41. The van der Waals surface area contributed by atoms with E-state index in [0.29, 0.717) is 23.6 Å². The first-order valence-electron chi connectivity index (χ1n) is 10.1. The van der Waals surface area contributed by atoms with E-state index in [1.807, 2.05) is 48.5 Å². The lowest BCUT2D eigenvalue weighted by atomic mass is 10.1. The smallest absolute Gasteiger partial charge is 0.251 e. The lowest BCUT2D eigenvalue weighted by Gasteiger charge is -2.13. The molecular weight excluding hydrogens is 364 g/mol. The van der Waals surface area contributed by atoms with Crippen LogP contribution in [-0.2, 0) is 0 Å². The number of rotatable bonds is 8. The van der Waals surface area contributed by atoms with Crippen LogP contribution in [0.5, 0.6) is 0 Å². The lowest BCUT2D eigenvalue weighted by Crippen LogP contribution is -2.25. The van der Waals surface area contributed by atoms with E-state index in [1.165, 1.54) is 0 Å². The zero-order valence-electron chi connectivity index (χ0n) is 16.9. The molecule has 0 atom stereocenters. The van der Waals surface area contributed by atoms with Crippen LogP contribution < -0.4 is 5.32 Å². The predicted molar refractivity (Wildman–Crippen MR) is 116 cm³/mol. The van der Waals surface area contributed by atoms with Crippen LogP contribution in [0.1, 0.15) is 30.1 Å². The molecule has 0 saturated carbocycles. The summed E-state index contributed by atoms with van der Waals surface area (Å²) < 4.78 is 5.95. The van der Waals surface area contributed by atoms with E-state index in [9.17, 15) is 4.79 Å². The van der Waals surface area contributed by atoms with E-state index >= 15 is 0 Å². The quantitative estimate of drug-likeness (QED) is 0.436. The van der Waals surface area contributed by atoms with Crippen molar-refractivity contribution in [2.75, 3.05) is 26.7 Å². The number of hydrogen-bond donors (Lipinski definition) is 2. The van der Waals surface area contributed by atoms with Crippen molar-refractivity contribution in [1.82, 2.24) is 20.4 Å². The Morgan fingerprint density at radius 2 is 2.03 bits per heavy atom. The van der Waals surface area contributed by atoms with Crippen molar-refractivity contribution < 1.29 is 9.21 Å². The molecule has 2 N–H and O–H groups in total. The van der Waals surface area contributed by atoms with Gasteiger partial charge in [0.1, 0.15) is 11.3 Å². The van der Waals surface area contributed by atoms with Crippen LogP contribution in [-0.4, -0.2) is 47.7 Å². The van der Waals surface area contributed by atoms with Crippen LogP contribution in [0.4, 0.5) is 0 Å². The maximum atomic E-state index is 12.6. The summed E-state index contributed by atoms with van der Waals surface area (Å²) in [7, 11) is 2.11. The van der Waals surface area contributed by atoms with Crippen LogP contribution in [0.2, 0.25) is 0 Å². The third-order valence-electron chi connectivity index (χ3n) is 5.28. The molecule has 6 heteroatoms. The average molecular weight is 390 g/mol. The van der Waals surface area contributed by atoms with E-state index in [2.05, 4.69) is 34.4 Å². The van der Waals surface area contributed by atoms with Crippen LogP contribution in [0, 0.1) is 0 Å². The highest BCUT2D eigenvalue weighted by atomic mass is 16.3. The molecule has 0 aliphatic heterocycles. The van der Waals surface area contributed by atoms with Gasteiger partial charge in [-0.15, -0.1) is 0 Å². The van der Waals surface area contributed by atoms with Crippen LogP contribution >= 0.6 is 0 Å². The number of hydrogen-bond acceptors (Lipinski definition) is 4. The van der Waals surface area contributed by atoms with Gasteiger partial charge in [-0.1, -0.05) is 25.1 Å². The monoisotopic (exact) mass is 390 g/mol. The van der Waals surface area contributed by atoms with Crippen molar-refractivity contribution in [3.05, 3.63) is 54.1 Å². The molecule has 4 aromatic rings. The summed E-state index contributed by atoms with van der Waals surface area (Å²) in [6.07, 6.45) is 2.04. The van der Waals surface area contributed by atoms with E-state index in [0.717, 1.165) is 47.8 Å². The van der Waals surface area contributed by atoms with E-state index in [-0.39, 0.29) is 5.91 Å². The predicted octanol–water partition coefficient (Wildman–Crippen LogP) is 4.44. The fourth-order valence-electron chi connectivity index (χ4n) is 3.41. The van der Waals surface area contributed by atoms with Gasteiger partial charge in [-0.05, 0) is 63.3 Å². The normalized spacial score (nSPS) is 11.6. The van der Waals surface area contributed by atoms with Gasteiger partial charge in [0.25, 0.3) is 5.91 Å². The van der Waals surface area contributed by atoms with E-state index < -0.39 is 0 Å². The molecule has 0 unspecified atom stereocenters. The second-order valence-corrected chi connectivity index (χ2v) is 7.34. The number of amides is 1. The van der Waals surface area contributed by atoms with Crippen molar-refractivity contribution in [2.45, 2.75) is 19.8 Å². The molecule has 2 aromatic heterocycles. The molecular formula is C23H26N4O2. The van der Waals surface area contributed by atoms with Gasteiger partial charge in [0.05, 0.1) is 5.52 Å². The first-order valence-corrected chi connectivity index (χ1v) is 10.1. The zero-order chi connectivity index (χ0) is 20.2. The van der Waals surface area contributed by atoms with Gasteiger partial charge in [-0.3, -0.25) is 9.89 Å². The number of nitrogens with one attached hydrogen (secondary N) is 2. The number of carbonyl (C=O) groups is 1. The minimum atomic E-state index is -0.0625. The maximum absolute atomic E-state index is 12.6. The number of furan rings is 1. The van der Waals surface area contributed by atoms with Gasteiger partial charge in [0.15, 0.2) is 5.76 Å². The first-order chi connectivity index (χ1) is 14.2. The third kappa shape index (κ3) is 4.17. The molecule has 0 fully saturated rings. The number of nitrogens with zero attached hydrogens (tertiary/aromatic N) is 2. The van der Waals surface area contributed by atoms with Gasteiger partial charge in [0.2, 0.25) is 0 Å². The molecule has 0 spiro atoms. The maximum Gasteiger partial charge on any atom is 0.251 e. The molecule has 29 heavy (non-hydrogen) atoms. The van der Waals surface area contributed by atoms with Crippen LogP contribution in [0.15, 0.2) is 52.9 Å². The number of H-pyrrole nitrogens is 1. The summed E-state index contributed by atoms with van der Waals surface area (Å²) in [5.74, 6) is 0.627. The zero-order valence-corrected chi connectivity index (χ0v) is 16.9. The highest BCUT2D eigenvalue weighted by Crippen LogP contribution is 2.31. The number of aromatic nitrogens is 2. The molecule has 150 valence electrons. The van der Waals surface area contributed by atoms with Crippen molar-refractivity contribution in [3.63, 3.8) is 0 Å². The Bertz CT molecular complexity index is 1100. The third-order valence-corrected chi connectivity index (χ3v) is 5.28. The van der Waals surface area contributed by atoms with E-state index in [4.69, 9.17) is 4.42 Å². The van der Waals surface area contributed by atoms with Gasteiger partial charge in [0, 0.05) is 22.9 Å². The number of unbranched alkanes of at least 4 members (excludes halogenated alkanes) is 1.